The monoisotopic (exact) mass is 419 g/mol. The third kappa shape index (κ3) is 5.29. The Morgan fingerprint density at radius 2 is 1.87 bits per heavy atom. The molecule has 8 heteroatoms. The van der Waals surface area contributed by atoms with E-state index in [2.05, 4.69) is 4.90 Å². The number of fused-ring (bicyclic) bond motifs is 1. The van der Waals surface area contributed by atoms with Crippen molar-refractivity contribution in [1.82, 2.24) is 14.8 Å². The molecule has 2 aliphatic heterocycles. The van der Waals surface area contributed by atoms with Crippen molar-refractivity contribution in [2.24, 2.45) is 0 Å². The fraction of sp³-hybridized carbons (Fsp3) is 0.682. The van der Waals surface area contributed by atoms with E-state index in [4.69, 9.17) is 19.2 Å². The number of hydrogen-bond acceptors (Lipinski definition) is 7. The van der Waals surface area contributed by atoms with Gasteiger partial charge in [0.1, 0.15) is 5.60 Å². The molecule has 0 N–H and O–H groups in total. The summed E-state index contributed by atoms with van der Waals surface area (Å²) >= 11 is 0. The van der Waals surface area contributed by atoms with Gasteiger partial charge in [-0.25, -0.2) is 9.59 Å². The summed E-state index contributed by atoms with van der Waals surface area (Å²) in [7, 11) is 2.97. The number of pyridine rings is 1. The highest BCUT2D eigenvalue weighted by atomic mass is 16.6. The molecule has 0 aromatic carbocycles. The molecule has 166 valence electrons. The Morgan fingerprint density at radius 1 is 1.17 bits per heavy atom. The van der Waals surface area contributed by atoms with E-state index in [0.717, 1.165) is 43.6 Å². The summed E-state index contributed by atoms with van der Waals surface area (Å²) in [5.41, 5.74) is 2.71. The molecular weight excluding hydrogens is 386 g/mol. The number of likely N-dealkylation sites (tertiary alicyclic amines) is 1. The maximum absolute atomic E-state index is 12.3. The molecule has 0 atom stereocenters. The van der Waals surface area contributed by atoms with Crippen LogP contribution >= 0.6 is 0 Å². The third-order valence-corrected chi connectivity index (χ3v) is 5.60. The molecule has 3 rings (SSSR count). The number of hydrogen-bond donors (Lipinski definition) is 0. The van der Waals surface area contributed by atoms with Crippen molar-refractivity contribution in [2.75, 3.05) is 33.9 Å². The second-order valence-corrected chi connectivity index (χ2v) is 8.93. The van der Waals surface area contributed by atoms with Crippen molar-refractivity contribution in [3.8, 4) is 0 Å². The van der Waals surface area contributed by atoms with Gasteiger partial charge in [-0.05, 0) is 45.2 Å². The number of carbonyl (C=O) groups excluding carboxylic acids is 2. The molecular formula is C22H33N3O5. The molecule has 1 saturated heterocycles. The van der Waals surface area contributed by atoms with Gasteiger partial charge in [-0.15, -0.1) is 0 Å². The van der Waals surface area contributed by atoms with Crippen LogP contribution in [0.2, 0.25) is 0 Å². The number of ether oxygens (including phenoxy) is 3. The molecule has 2 aliphatic rings. The predicted octanol–water partition coefficient (Wildman–Crippen LogP) is 2.77. The second-order valence-electron chi connectivity index (χ2n) is 8.93. The topological polar surface area (TPSA) is 81.2 Å². The van der Waals surface area contributed by atoms with Gasteiger partial charge in [0.05, 0.1) is 25.0 Å². The third-order valence-electron chi connectivity index (χ3n) is 5.60. The molecule has 0 spiro atoms. The first-order chi connectivity index (χ1) is 14.2. The van der Waals surface area contributed by atoms with E-state index in [0.29, 0.717) is 30.4 Å². The van der Waals surface area contributed by atoms with Gasteiger partial charge in [0, 0.05) is 51.4 Å². The number of amides is 1. The van der Waals surface area contributed by atoms with Crippen LogP contribution in [0.25, 0.3) is 0 Å². The maximum Gasteiger partial charge on any atom is 0.410 e. The van der Waals surface area contributed by atoms with Crippen LogP contribution in [-0.2, 0) is 33.8 Å². The van der Waals surface area contributed by atoms with E-state index >= 15 is 0 Å². The summed E-state index contributed by atoms with van der Waals surface area (Å²) in [5, 5.41) is 0. The number of carbonyl (C=O) groups is 2. The van der Waals surface area contributed by atoms with Crippen LogP contribution < -0.4 is 0 Å². The zero-order valence-electron chi connectivity index (χ0n) is 18.7. The van der Waals surface area contributed by atoms with E-state index in [1.165, 1.54) is 7.11 Å². The van der Waals surface area contributed by atoms with Crippen LogP contribution in [-0.4, -0.2) is 72.3 Å². The van der Waals surface area contributed by atoms with Crippen molar-refractivity contribution in [3.05, 3.63) is 28.6 Å². The average Bonchev–Trinajstić information content (AvgIpc) is 2.71. The second kappa shape index (κ2) is 9.31. The fourth-order valence-electron chi connectivity index (χ4n) is 4.12. The minimum Gasteiger partial charge on any atom is -0.465 e. The van der Waals surface area contributed by atoms with Crippen molar-refractivity contribution in [1.29, 1.82) is 0 Å². The lowest BCUT2D eigenvalue weighted by molar-refractivity contribution is 0.0133. The molecule has 30 heavy (non-hydrogen) atoms. The van der Waals surface area contributed by atoms with Gasteiger partial charge in [-0.1, -0.05) is 0 Å². The molecule has 0 bridgehead atoms. The number of rotatable bonds is 4. The summed E-state index contributed by atoms with van der Waals surface area (Å²) in [6.07, 6.45) is 2.42. The molecule has 1 amide bonds. The molecule has 1 aromatic rings. The molecule has 3 heterocycles. The van der Waals surface area contributed by atoms with Gasteiger partial charge in [0.15, 0.2) is 0 Å². The molecule has 0 aliphatic carbocycles. The fourth-order valence-corrected chi connectivity index (χ4v) is 4.12. The summed E-state index contributed by atoms with van der Waals surface area (Å²) < 4.78 is 15.6. The molecule has 1 fully saturated rings. The molecule has 8 nitrogen and oxygen atoms in total. The van der Waals surface area contributed by atoms with Gasteiger partial charge in [0.2, 0.25) is 0 Å². The number of esters is 1. The van der Waals surface area contributed by atoms with Crippen molar-refractivity contribution >= 4 is 12.1 Å². The van der Waals surface area contributed by atoms with E-state index < -0.39 is 5.60 Å². The zero-order valence-corrected chi connectivity index (χ0v) is 18.7. The van der Waals surface area contributed by atoms with Crippen LogP contribution in [0.5, 0.6) is 0 Å². The lowest BCUT2D eigenvalue weighted by Gasteiger charge is -2.40. The highest BCUT2D eigenvalue weighted by Gasteiger charge is 2.32. The van der Waals surface area contributed by atoms with Crippen LogP contribution in [0.1, 0.15) is 60.9 Å². The van der Waals surface area contributed by atoms with Crippen LogP contribution in [0.15, 0.2) is 6.07 Å². The Kier molecular flexibility index (Phi) is 6.98. The molecule has 0 saturated carbocycles. The Labute approximate surface area is 178 Å². The molecule has 1 aromatic heterocycles. The average molecular weight is 420 g/mol. The minimum absolute atomic E-state index is 0.234. The lowest BCUT2D eigenvalue weighted by Crippen LogP contribution is -2.49. The Balaban J connectivity index is 1.65. The minimum atomic E-state index is -0.476. The van der Waals surface area contributed by atoms with Crippen LogP contribution in [0.3, 0.4) is 0 Å². The van der Waals surface area contributed by atoms with Gasteiger partial charge >= 0.3 is 12.1 Å². The van der Waals surface area contributed by atoms with E-state index in [-0.39, 0.29) is 18.7 Å². The highest BCUT2D eigenvalue weighted by Crippen LogP contribution is 2.27. The van der Waals surface area contributed by atoms with Crippen molar-refractivity contribution in [3.63, 3.8) is 0 Å². The maximum atomic E-state index is 12.3. The summed E-state index contributed by atoms with van der Waals surface area (Å²) in [6.45, 7) is 9.00. The Hall–Kier alpha value is -2.19. The van der Waals surface area contributed by atoms with Gasteiger partial charge in [-0.3, -0.25) is 9.88 Å². The van der Waals surface area contributed by atoms with Gasteiger partial charge in [-0.2, -0.15) is 0 Å². The predicted molar refractivity (Wildman–Crippen MR) is 111 cm³/mol. The zero-order chi connectivity index (χ0) is 21.9. The SMILES string of the molecule is COCc1nc2c(cc1C(=O)OC)CN(C1CCN(C(=O)OC(C)(C)C)CC1)CC2. The number of methoxy groups -OCH3 is 2. The number of nitrogens with zero attached hydrogens (tertiary/aromatic N) is 3. The number of aromatic nitrogens is 1. The normalized spacial score (nSPS) is 18.1. The Bertz CT molecular complexity index is 782. The van der Waals surface area contributed by atoms with E-state index in [1.54, 1.807) is 12.0 Å². The summed E-state index contributed by atoms with van der Waals surface area (Å²) in [4.78, 5) is 33.4. The first kappa shape index (κ1) is 22.5. The van der Waals surface area contributed by atoms with Gasteiger partial charge < -0.3 is 19.1 Å². The lowest BCUT2D eigenvalue weighted by atomic mass is 9.96. The summed E-state index contributed by atoms with van der Waals surface area (Å²) in [6, 6.07) is 2.31. The molecule has 0 unspecified atom stereocenters. The van der Waals surface area contributed by atoms with Crippen molar-refractivity contribution < 1.29 is 23.8 Å². The quantitative estimate of drug-likeness (QED) is 0.694. The standard InChI is InChI=1S/C22H33N3O5/c1-22(2,3)30-21(27)24-9-6-16(7-10-24)25-11-8-18-15(13-25)12-17(20(26)29-5)19(23-18)14-28-4/h12,16H,6-11,13-14H2,1-5H3. The molecule has 0 radical (unpaired) electrons. The smallest absolute Gasteiger partial charge is 0.410 e. The van der Waals surface area contributed by atoms with E-state index in [9.17, 15) is 9.59 Å². The summed E-state index contributed by atoms with van der Waals surface area (Å²) in [5.74, 6) is -0.389. The van der Waals surface area contributed by atoms with Crippen LogP contribution in [0, 0.1) is 0 Å². The van der Waals surface area contributed by atoms with E-state index in [1.807, 2.05) is 26.8 Å². The first-order valence-electron chi connectivity index (χ1n) is 10.5. The van der Waals surface area contributed by atoms with Crippen molar-refractivity contribution in [2.45, 2.75) is 64.8 Å². The highest BCUT2D eigenvalue weighted by molar-refractivity contribution is 5.90. The van der Waals surface area contributed by atoms with Crippen LogP contribution in [0.4, 0.5) is 4.79 Å². The first-order valence-corrected chi connectivity index (χ1v) is 10.5. The Morgan fingerprint density at radius 3 is 2.47 bits per heavy atom. The largest absolute Gasteiger partial charge is 0.465 e. The number of piperidine rings is 1. The van der Waals surface area contributed by atoms with Gasteiger partial charge in [0.25, 0.3) is 0 Å².